The number of hydrogen-bond donors (Lipinski definition) is 1. The van der Waals surface area contributed by atoms with Crippen LogP contribution < -0.4 is 19.9 Å². The average molecular weight is 521 g/mol. The summed E-state index contributed by atoms with van der Waals surface area (Å²) >= 11 is 6.46. The van der Waals surface area contributed by atoms with Crippen molar-refractivity contribution in [1.29, 1.82) is 0 Å². The van der Waals surface area contributed by atoms with Gasteiger partial charge in [-0.05, 0) is 64.4 Å². The molecule has 2 aromatic carbocycles. The molecule has 2 atom stereocenters. The Kier molecular flexibility index (Phi) is 7.10. The minimum atomic E-state index is 0.461. The standard InChI is InChI=1S/C24H26ClN5O.C5H11N/c1-31-24-27-21-14-29(22-7-3-4-17-18(22)5-2-6-20(17)25)11-10-19(21)23(28-24)30-12-15-8-9-16(13-30)26-15;1-6-4-2-3-5-6/h2-7,15-16,26H,8-14H2,1H3;2-5H2,1H3. The maximum atomic E-state index is 6.46. The fourth-order valence-corrected chi connectivity index (χ4v) is 6.56. The number of hydrogen-bond acceptors (Lipinski definition) is 7. The molecule has 3 aromatic rings. The number of rotatable bonds is 3. The van der Waals surface area contributed by atoms with E-state index in [1.165, 1.54) is 55.4 Å². The Bertz CT molecular complexity index is 1250. The quantitative estimate of drug-likeness (QED) is 0.545. The van der Waals surface area contributed by atoms with Crippen molar-refractivity contribution < 1.29 is 4.74 Å². The molecule has 2 bridgehead atoms. The van der Waals surface area contributed by atoms with Crippen molar-refractivity contribution in [2.75, 3.05) is 56.7 Å². The number of aromatic nitrogens is 2. The number of methoxy groups -OCH3 is 1. The molecule has 7 rings (SSSR count). The van der Waals surface area contributed by atoms with Crippen LogP contribution >= 0.6 is 11.6 Å². The van der Waals surface area contributed by atoms with E-state index < -0.39 is 0 Å². The van der Waals surface area contributed by atoms with Gasteiger partial charge in [0.05, 0.1) is 19.3 Å². The summed E-state index contributed by atoms with van der Waals surface area (Å²) in [7, 11) is 3.83. The Morgan fingerprint density at radius 1 is 0.919 bits per heavy atom. The van der Waals surface area contributed by atoms with Gasteiger partial charge in [0.1, 0.15) is 5.82 Å². The monoisotopic (exact) mass is 520 g/mol. The Hall–Kier alpha value is -2.61. The zero-order valence-electron chi connectivity index (χ0n) is 21.9. The summed E-state index contributed by atoms with van der Waals surface area (Å²) in [6, 6.07) is 14.1. The van der Waals surface area contributed by atoms with Gasteiger partial charge >= 0.3 is 6.01 Å². The van der Waals surface area contributed by atoms with Gasteiger partial charge in [-0.25, -0.2) is 0 Å². The van der Waals surface area contributed by atoms with Gasteiger partial charge in [-0.1, -0.05) is 35.9 Å². The van der Waals surface area contributed by atoms with Crippen molar-refractivity contribution in [2.24, 2.45) is 0 Å². The summed E-state index contributed by atoms with van der Waals surface area (Å²) in [5.41, 5.74) is 3.54. The molecular weight excluding hydrogens is 484 g/mol. The van der Waals surface area contributed by atoms with E-state index in [0.717, 1.165) is 54.5 Å². The Morgan fingerprint density at radius 2 is 1.65 bits per heavy atom. The van der Waals surface area contributed by atoms with Crippen LogP contribution in [0.2, 0.25) is 5.02 Å². The van der Waals surface area contributed by atoms with Gasteiger partial charge in [0.2, 0.25) is 0 Å². The minimum Gasteiger partial charge on any atom is -0.467 e. The fourth-order valence-electron chi connectivity index (χ4n) is 6.32. The maximum absolute atomic E-state index is 6.46. The van der Waals surface area contributed by atoms with Crippen molar-refractivity contribution in [3.8, 4) is 6.01 Å². The number of benzene rings is 2. The normalized spacial score (nSPS) is 23.1. The lowest BCUT2D eigenvalue weighted by Crippen LogP contribution is -2.52. The summed E-state index contributed by atoms with van der Waals surface area (Å²) in [5.74, 6) is 1.07. The molecule has 0 saturated carbocycles. The van der Waals surface area contributed by atoms with Gasteiger partial charge in [0.15, 0.2) is 0 Å². The predicted octanol–water partition coefficient (Wildman–Crippen LogP) is 4.51. The van der Waals surface area contributed by atoms with E-state index >= 15 is 0 Å². The lowest BCUT2D eigenvalue weighted by molar-refractivity contribution is 0.374. The first-order valence-electron chi connectivity index (χ1n) is 13.6. The van der Waals surface area contributed by atoms with Crippen LogP contribution in [0.4, 0.5) is 11.5 Å². The van der Waals surface area contributed by atoms with Gasteiger partial charge in [-0.3, -0.25) is 0 Å². The van der Waals surface area contributed by atoms with Crippen molar-refractivity contribution in [1.82, 2.24) is 20.2 Å². The summed E-state index contributed by atoms with van der Waals surface area (Å²) in [6.07, 6.45) is 6.25. The number of likely N-dealkylation sites (tertiary alicyclic amines) is 1. The molecule has 5 heterocycles. The molecule has 4 aliphatic heterocycles. The molecular formula is C29H37ClN6O. The highest BCUT2D eigenvalue weighted by Gasteiger charge is 2.35. The van der Waals surface area contributed by atoms with E-state index in [9.17, 15) is 0 Å². The number of halogens is 1. The van der Waals surface area contributed by atoms with Gasteiger partial charge < -0.3 is 24.8 Å². The largest absolute Gasteiger partial charge is 0.467 e. The number of nitrogens with zero attached hydrogens (tertiary/aromatic N) is 5. The van der Waals surface area contributed by atoms with Crippen LogP contribution in [0.3, 0.4) is 0 Å². The van der Waals surface area contributed by atoms with Gasteiger partial charge in [0, 0.05) is 58.8 Å². The summed E-state index contributed by atoms with van der Waals surface area (Å²) in [6.45, 7) is 6.33. The second-order valence-corrected chi connectivity index (χ2v) is 11.2. The molecule has 1 N–H and O–H groups in total. The third-order valence-corrected chi connectivity index (χ3v) is 8.57. The van der Waals surface area contributed by atoms with Crippen molar-refractivity contribution in [3.63, 3.8) is 0 Å². The Labute approximate surface area is 224 Å². The summed E-state index contributed by atoms with van der Waals surface area (Å²) < 4.78 is 5.51. The molecule has 3 fully saturated rings. The van der Waals surface area contributed by atoms with E-state index in [4.69, 9.17) is 26.3 Å². The van der Waals surface area contributed by atoms with E-state index in [-0.39, 0.29) is 0 Å². The smallest absolute Gasteiger partial charge is 0.318 e. The minimum absolute atomic E-state index is 0.461. The number of ether oxygens (including phenoxy) is 1. The highest BCUT2D eigenvalue weighted by molar-refractivity contribution is 6.35. The highest BCUT2D eigenvalue weighted by Crippen LogP contribution is 2.36. The van der Waals surface area contributed by atoms with Gasteiger partial charge in [-0.2, -0.15) is 9.97 Å². The number of anilines is 2. The topological polar surface area (TPSA) is 56.8 Å². The van der Waals surface area contributed by atoms with Gasteiger partial charge in [-0.15, -0.1) is 0 Å². The molecule has 0 aliphatic carbocycles. The Morgan fingerprint density at radius 3 is 2.35 bits per heavy atom. The van der Waals surface area contributed by atoms with Crippen molar-refractivity contribution in [3.05, 3.63) is 52.7 Å². The number of piperazine rings is 1. The molecule has 0 spiro atoms. The molecule has 2 unspecified atom stereocenters. The molecule has 1 aromatic heterocycles. The molecule has 8 heteroatoms. The fraction of sp³-hybridized carbons (Fsp3) is 0.517. The van der Waals surface area contributed by atoms with E-state index in [1.54, 1.807) is 7.11 Å². The highest BCUT2D eigenvalue weighted by atomic mass is 35.5. The summed E-state index contributed by atoms with van der Waals surface area (Å²) in [4.78, 5) is 16.8. The zero-order valence-corrected chi connectivity index (χ0v) is 22.7. The van der Waals surface area contributed by atoms with Crippen LogP contribution in [0.1, 0.15) is 36.9 Å². The van der Waals surface area contributed by atoms with Crippen LogP contribution in [-0.2, 0) is 13.0 Å². The van der Waals surface area contributed by atoms with Crippen LogP contribution in [-0.4, -0.2) is 73.8 Å². The first-order chi connectivity index (χ1) is 18.1. The van der Waals surface area contributed by atoms with Crippen LogP contribution in [0.25, 0.3) is 10.8 Å². The predicted molar refractivity (Wildman–Crippen MR) is 151 cm³/mol. The SMILES string of the molecule is CN1CCCC1.COc1nc2c(c(N3CC4CCC(C3)N4)n1)CCN(c1cccc3c(Cl)cccc13)C2. The Balaban J connectivity index is 0.000000372. The van der Waals surface area contributed by atoms with Crippen LogP contribution in [0.5, 0.6) is 6.01 Å². The van der Waals surface area contributed by atoms with Crippen LogP contribution in [0.15, 0.2) is 36.4 Å². The molecule has 4 aliphatic rings. The number of fused-ring (bicyclic) bond motifs is 4. The van der Waals surface area contributed by atoms with Crippen molar-refractivity contribution >= 4 is 33.9 Å². The lowest BCUT2D eigenvalue weighted by atomic mass is 10.0. The second kappa shape index (κ2) is 10.6. The van der Waals surface area contributed by atoms with E-state index in [0.29, 0.717) is 18.1 Å². The molecule has 0 radical (unpaired) electrons. The third-order valence-electron chi connectivity index (χ3n) is 8.24. The zero-order chi connectivity index (χ0) is 25.4. The van der Waals surface area contributed by atoms with E-state index in [1.807, 2.05) is 12.1 Å². The van der Waals surface area contributed by atoms with Crippen molar-refractivity contribution in [2.45, 2.75) is 50.7 Å². The average Bonchev–Trinajstić information content (AvgIpc) is 3.55. The maximum Gasteiger partial charge on any atom is 0.318 e. The first kappa shape index (κ1) is 24.7. The second-order valence-electron chi connectivity index (χ2n) is 10.8. The molecule has 0 amide bonds. The van der Waals surface area contributed by atoms with E-state index in [2.05, 4.69) is 51.3 Å². The first-order valence-corrected chi connectivity index (χ1v) is 14.0. The third kappa shape index (κ3) is 5.09. The molecule has 3 saturated heterocycles. The summed E-state index contributed by atoms with van der Waals surface area (Å²) in [5, 5.41) is 6.77. The molecule has 37 heavy (non-hydrogen) atoms. The van der Waals surface area contributed by atoms with Gasteiger partial charge in [0.25, 0.3) is 0 Å². The molecule has 196 valence electrons. The number of nitrogens with one attached hydrogen (secondary N) is 1. The lowest BCUT2D eigenvalue weighted by Gasteiger charge is -2.37. The van der Waals surface area contributed by atoms with Crippen LogP contribution in [0, 0.1) is 0 Å². The molecule has 7 nitrogen and oxygen atoms in total.